The summed E-state index contributed by atoms with van der Waals surface area (Å²) in [5.74, 6) is 2.27. The first kappa shape index (κ1) is 17.6. The number of hydrogen-bond acceptors (Lipinski definition) is 5. The van der Waals surface area contributed by atoms with Crippen LogP contribution < -0.4 is 9.47 Å². The SMILES string of the molecule is CS(=O)(=O)N1CCC(C2CCN(C(=O)c3ccc4c(c3)OCO4)C2)CC1. The molecule has 3 aliphatic rings. The molecule has 1 unspecified atom stereocenters. The monoisotopic (exact) mass is 380 g/mol. The van der Waals surface area contributed by atoms with Crippen molar-refractivity contribution in [2.75, 3.05) is 39.2 Å². The van der Waals surface area contributed by atoms with E-state index in [9.17, 15) is 13.2 Å². The van der Waals surface area contributed by atoms with Gasteiger partial charge in [0, 0.05) is 31.7 Å². The number of carbonyl (C=O) groups excluding carboxylic acids is 1. The molecule has 0 aromatic heterocycles. The zero-order valence-electron chi connectivity index (χ0n) is 14.9. The number of fused-ring (bicyclic) bond motifs is 1. The van der Waals surface area contributed by atoms with Gasteiger partial charge in [0.1, 0.15) is 0 Å². The van der Waals surface area contributed by atoms with Crippen molar-refractivity contribution < 1.29 is 22.7 Å². The number of benzene rings is 1. The summed E-state index contributed by atoms with van der Waals surface area (Å²) in [6.45, 7) is 2.89. The van der Waals surface area contributed by atoms with Gasteiger partial charge in [-0.2, -0.15) is 0 Å². The van der Waals surface area contributed by atoms with E-state index in [0.29, 0.717) is 42.0 Å². The predicted octanol–water partition coefficient (Wildman–Crippen LogP) is 1.55. The summed E-state index contributed by atoms with van der Waals surface area (Å²) in [4.78, 5) is 14.7. The number of amides is 1. The van der Waals surface area contributed by atoms with Crippen molar-refractivity contribution in [2.45, 2.75) is 19.3 Å². The third-order valence-corrected chi connectivity index (χ3v) is 7.07. The minimum absolute atomic E-state index is 0.0272. The zero-order valence-corrected chi connectivity index (χ0v) is 15.7. The Morgan fingerprint density at radius 2 is 1.73 bits per heavy atom. The van der Waals surface area contributed by atoms with Crippen molar-refractivity contribution in [3.05, 3.63) is 23.8 Å². The standard InChI is InChI=1S/C18H24N2O5S/c1-26(22,23)20-8-5-13(6-9-20)15-4-7-19(11-15)18(21)14-2-3-16-17(10-14)25-12-24-16/h2-3,10,13,15H,4-9,11-12H2,1H3. The summed E-state index contributed by atoms with van der Waals surface area (Å²) in [6, 6.07) is 5.32. The van der Waals surface area contributed by atoms with E-state index < -0.39 is 10.0 Å². The maximum atomic E-state index is 12.8. The quantitative estimate of drug-likeness (QED) is 0.795. The smallest absolute Gasteiger partial charge is 0.254 e. The van der Waals surface area contributed by atoms with E-state index >= 15 is 0 Å². The second-order valence-corrected chi connectivity index (χ2v) is 9.35. The van der Waals surface area contributed by atoms with Gasteiger partial charge in [0.2, 0.25) is 16.8 Å². The first-order chi connectivity index (χ1) is 12.4. The molecule has 0 spiro atoms. The summed E-state index contributed by atoms with van der Waals surface area (Å²) in [7, 11) is -3.09. The third kappa shape index (κ3) is 3.40. The summed E-state index contributed by atoms with van der Waals surface area (Å²) in [6.07, 6.45) is 4.02. The van der Waals surface area contributed by atoms with Crippen molar-refractivity contribution >= 4 is 15.9 Å². The molecule has 4 rings (SSSR count). The van der Waals surface area contributed by atoms with Crippen molar-refractivity contribution in [2.24, 2.45) is 11.8 Å². The van der Waals surface area contributed by atoms with E-state index in [1.165, 1.54) is 6.26 Å². The average molecular weight is 380 g/mol. The molecule has 3 aliphatic heterocycles. The Morgan fingerprint density at radius 1 is 1.04 bits per heavy atom. The highest BCUT2D eigenvalue weighted by molar-refractivity contribution is 7.88. The van der Waals surface area contributed by atoms with E-state index in [4.69, 9.17) is 9.47 Å². The Hall–Kier alpha value is -1.80. The molecule has 1 aromatic rings. The molecule has 0 bridgehead atoms. The molecule has 2 saturated heterocycles. The first-order valence-corrected chi connectivity index (χ1v) is 10.9. The van der Waals surface area contributed by atoms with E-state index in [1.54, 1.807) is 22.5 Å². The maximum absolute atomic E-state index is 12.8. The van der Waals surface area contributed by atoms with Crippen molar-refractivity contribution in [1.82, 2.24) is 9.21 Å². The van der Waals surface area contributed by atoms with Crippen LogP contribution in [0, 0.1) is 11.8 Å². The summed E-state index contributed by atoms with van der Waals surface area (Å²) in [5.41, 5.74) is 0.627. The number of rotatable bonds is 3. The molecule has 1 atom stereocenters. The van der Waals surface area contributed by atoms with Gasteiger partial charge in [0.25, 0.3) is 5.91 Å². The molecule has 2 fully saturated rings. The van der Waals surface area contributed by atoms with Crippen LogP contribution >= 0.6 is 0 Å². The molecule has 26 heavy (non-hydrogen) atoms. The summed E-state index contributed by atoms with van der Waals surface area (Å²) < 4.78 is 35.5. The molecule has 1 aromatic carbocycles. The Morgan fingerprint density at radius 3 is 2.46 bits per heavy atom. The van der Waals surface area contributed by atoms with E-state index in [-0.39, 0.29) is 12.7 Å². The highest BCUT2D eigenvalue weighted by atomic mass is 32.2. The summed E-state index contributed by atoms with van der Waals surface area (Å²) in [5, 5.41) is 0. The van der Waals surface area contributed by atoms with Gasteiger partial charge < -0.3 is 14.4 Å². The number of carbonyl (C=O) groups is 1. The van der Waals surface area contributed by atoms with Gasteiger partial charge >= 0.3 is 0 Å². The Kier molecular flexibility index (Phi) is 4.56. The lowest BCUT2D eigenvalue weighted by molar-refractivity contribution is 0.0778. The highest BCUT2D eigenvalue weighted by Gasteiger charge is 2.35. The van der Waals surface area contributed by atoms with Crippen molar-refractivity contribution in [1.29, 1.82) is 0 Å². The van der Waals surface area contributed by atoms with Crippen LogP contribution in [0.4, 0.5) is 0 Å². The lowest BCUT2D eigenvalue weighted by Crippen LogP contribution is -2.40. The molecule has 7 nitrogen and oxygen atoms in total. The number of hydrogen-bond donors (Lipinski definition) is 0. The van der Waals surface area contributed by atoms with Crippen LogP contribution in [0.15, 0.2) is 18.2 Å². The normalized spacial score (nSPS) is 24.2. The number of ether oxygens (including phenoxy) is 2. The van der Waals surface area contributed by atoms with Gasteiger partial charge in [0.15, 0.2) is 11.5 Å². The minimum atomic E-state index is -3.09. The van der Waals surface area contributed by atoms with Gasteiger partial charge in [-0.3, -0.25) is 4.79 Å². The Balaban J connectivity index is 1.36. The molecule has 1 amide bonds. The van der Waals surface area contributed by atoms with Gasteiger partial charge in [-0.15, -0.1) is 0 Å². The molecule has 0 saturated carbocycles. The van der Waals surface area contributed by atoms with E-state index in [0.717, 1.165) is 32.4 Å². The Bertz CT molecular complexity index is 802. The first-order valence-electron chi connectivity index (χ1n) is 9.06. The van der Waals surface area contributed by atoms with Crippen LogP contribution in [0.1, 0.15) is 29.6 Å². The number of sulfonamides is 1. The van der Waals surface area contributed by atoms with Crippen LogP contribution in [0.25, 0.3) is 0 Å². The van der Waals surface area contributed by atoms with Crippen LogP contribution in [0.5, 0.6) is 11.5 Å². The lowest BCUT2D eigenvalue weighted by atomic mass is 9.84. The van der Waals surface area contributed by atoms with Crippen molar-refractivity contribution in [3.8, 4) is 11.5 Å². The lowest BCUT2D eigenvalue weighted by Gasteiger charge is -2.33. The third-order valence-electron chi connectivity index (χ3n) is 5.77. The van der Waals surface area contributed by atoms with Crippen LogP contribution in [-0.2, 0) is 10.0 Å². The van der Waals surface area contributed by atoms with Gasteiger partial charge in [-0.25, -0.2) is 12.7 Å². The zero-order chi connectivity index (χ0) is 18.3. The molecular weight excluding hydrogens is 356 g/mol. The second-order valence-electron chi connectivity index (χ2n) is 7.37. The van der Waals surface area contributed by atoms with Gasteiger partial charge in [0.05, 0.1) is 6.26 Å². The fourth-order valence-electron chi connectivity index (χ4n) is 4.25. The number of nitrogens with zero attached hydrogens (tertiary/aromatic N) is 2. The van der Waals surface area contributed by atoms with E-state index in [2.05, 4.69) is 0 Å². The molecule has 142 valence electrons. The molecule has 3 heterocycles. The Labute approximate surface area is 153 Å². The molecule has 8 heteroatoms. The second kappa shape index (κ2) is 6.74. The number of piperidine rings is 1. The van der Waals surface area contributed by atoms with Crippen LogP contribution in [-0.4, -0.2) is 62.8 Å². The van der Waals surface area contributed by atoms with Gasteiger partial charge in [-0.05, 0) is 49.3 Å². The largest absolute Gasteiger partial charge is 0.454 e. The highest BCUT2D eigenvalue weighted by Crippen LogP contribution is 2.35. The molecule has 0 radical (unpaired) electrons. The maximum Gasteiger partial charge on any atom is 0.254 e. The minimum Gasteiger partial charge on any atom is -0.454 e. The molecule has 0 aliphatic carbocycles. The molecular formula is C18H24N2O5S. The van der Waals surface area contributed by atoms with Crippen molar-refractivity contribution in [3.63, 3.8) is 0 Å². The van der Waals surface area contributed by atoms with Crippen LogP contribution in [0.3, 0.4) is 0 Å². The fourth-order valence-corrected chi connectivity index (χ4v) is 5.12. The molecule has 0 N–H and O–H groups in total. The average Bonchev–Trinajstić information content (AvgIpc) is 3.29. The number of likely N-dealkylation sites (tertiary alicyclic amines) is 1. The van der Waals surface area contributed by atoms with Crippen LogP contribution in [0.2, 0.25) is 0 Å². The predicted molar refractivity (Wildman–Crippen MR) is 95.7 cm³/mol. The van der Waals surface area contributed by atoms with E-state index in [1.807, 2.05) is 4.90 Å². The topological polar surface area (TPSA) is 76.2 Å². The fraction of sp³-hybridized carbons (Fsp3) is 0.611. The summed E-state index contributed by atoms with van der Waals surface area (Å²) >= 11 is 0. The van der Waals surface area contributed by atoms with Gasteiger partial charge in [-0.1, -0.05) is 0 Å².